The minimum Gasteiger partial charge on any atom is -0.493 e. The van der Waals surface area contributed by atoms with Crippen molar-refractivity contribution >= 4 is 5.91 Å². The number of carbonyl (C=O) groups is 1. The van der Waals surface area contributed by atoms with Gasteiger partial charge in [0.2, 0.25) is 0 Å². The zero-order chi connectivity index (χ0) is 17.5. The predicted molar refractivity (Wildman–Crippen MR) is 92.4 cm³/mol. The molecule has 0 saturated heterocycles. The van der Waals surface area contributed by atoms with Gasteiger partial charge in [0.05, 0.1) is 19.9 Å². The van der Waals surface area contributed by atoms with Gasteiger partial charge < -0.3 is 14.4 Å². The van der Waals surface area contributed by atoms with Crippen LogP contribution in [0.25, 0.3) is 0 Å². The Labute approximate surface area is 143 Å². The molecule has 1 aromatic heterocycles. The second kappa shape index (κ2) is 8.38. The molecule has 0 spiro atoms. The number of nitrogens with zero attached hydrogens (tertiary/aromatic N) is 3. The maximum absolute atomic E-state index is 12.6. The van der Waals surface area contributed by atoms with Crippen molar-refractivity contribution < 1.29 is 14.3 Å². The molecule has 0 bridgehead atoms. The summed E-state index contributed by atoms with van der Waals surface area (Å²) in [6, 6.07) is 5.29. The number of aromatic nitrogens is 2. The van der Waals surface area contributed by atoms with E-state index < -0.39 is 0 Å². The normalized spacial score (nSPS) is 10.5. The van der Waals surface area contributed by atoms with Crippen LogP contribution in [0.1, 0.15) is 35.7 Å². The number of ether oxygens (including phenoxy) is 2. The summed E-state index contributed by atoms with van der Waals surface area (Å²) in [6.45, 7) is 3.26. The molecule has 0 unspecified atom stereocenters. The zero-order valence-corrected chi connectivity index (χ0v) is 14.8. The van der Waals surface area contributed by atoms with Crippen molar-refractivity contribution in [1.29, 1.82) is 0 Å². The van der Waals surface area contributed by atoms with E-state index in [0.717, 1.165) is 18.4 Å². The Morgan fingerprint density at radius 3 is 2.75 bits per heavy atom. The summed E-state index contributed by atoms with van der Waals surface area (Å²) in [6.07, 6.45) is 5.71. The Balaban J connectivity index is 2.08. The Kier molecular flexibility index (Phi) is 6.23. The summed E-state index contributed by atoms with van der Waals surface area (Å²) < 4.78 is 12.8. The highest BCUT2D eigenvalue weighted by molar-refractivity contribution is 5.94. The van der Waals surface area contributed by atoms with Crippen LogP contribution < -0.4 is 9.47 Å². The van der Waals surface area contributed by atoms with Gasteiger partial charge in [0, 0.05) is 38.0 Å². The molecule has 0 fully saturated rings. The van der Waals surface area contributed by atoms with Crippen LogP contribution in [0.15, 0.2) is 30.6 Å². The van der Waals surface area contributed by atoms with E-state index in [9.17, 15) is 4.79 Å². The minimum absolute atomic E-state index is 0.0720. The van der Waals surface area contributed by atoms with Crippen molar-refractivity contribution in [2.75, 3.05) is 20.8 Å². The molecule has 1 heterocycles. The summed E-state index contributed by atoms with van der Waals surface area (Å²) in [7, 11) is 5.20. The molecule has 1 amide bonds. The molecule has 0 aliphatic rings. The molecule has 2 aromatic rings. The molecule has 0 saturated carbocycles. The zero-order valence-electron chi connectivity index (χ0n) is 14.8. The first-order chi connectivity index (χ1) is 11.5. The average Bonchev–Trinajstić information content (AvgIpc) is 2.99. The SMILES string of the molecule is CCCCOc1ccc(C(=O)N(C)Cc2cnn(C)c2)cc1OC. The number of carbonyl (C=O) groups excluding carboxylic acids is 1. The van der Waals surface area contributed by atoms with Crippen LogP contribution in [0.2, 0.25) is 0 Å². The van der Waals surface area contributed by atoms with Crippen LogP contribution in [0.3, 0.4) is 0 Å². The minimum atomic E-state index is -0.0720. The fourth-order valence-electron chi connectivity index (χ4n) is 2.37. The van der Waals surface area contributed by atoms with Crippen molar-refractivity contribution in [2.45, 2.75) is 26.3 Å². The van der Waals surface area contributed by atoms with E-state index in [-0.39, 0.29) is 5.91 Å². The van der Waals surface area contributed by atoms with Crippen molar-refractivity contribution in [2.24, 2.45) is 7.05 Å². The molecule has 0 aliphatic carbocycles. The lowest BCUT2D eigenvalue weighted by atomic mass is 10.1. The first-order valence-electron chi connectivity index (χ1n) is 8.09. The molecular weight excluding hydrogens is 306 g/mol. The number of aryl methyl sites for hydroxylation is 1. The summed E-state index contributed by atoms with van der Waals surface area (Å²) in [4.78, 5) is 14.3. The number of unbranched alkanes of at least 4 members (excludes halogenated alkanes) is 1. The van der Waals surface area contributed by atoms with Crippen LogP contribution in [-0.4, -0.2) is 41.4 Å². The number of benzene rings is 1. The van der Waals surface area contributed by atoms with Crippen molar-refractivity contribution in [3.63, 3.8) is 0 Å². The van der Waals surface area contributed by atoms with E-state index in [4.69, 9.17) is 9.47 Å². The number of methoxy groups -OCH3 is 1. The molecular formula is C18H25N3O3. The first kappa shape index (κ1) is 17.8. The van der Waals surface area contributed by atoms with Gasteiger partial charge in [-0.25, -0.2) is 0 Å². The van der Waals surface area contributed by atoms with E-state index >= 15 is 0 Å². The maximum atomic E-state index is 12.6. The van der Waals surface area contributed by atoms with Crippen LogP contribution in [0, 0.1) is 0 Å². The molecule has 0 N–H and O–H groups in total. The first-order valence-corrected chi connectivity index (χ1v) is 8.09. The smallest absolute Gasteiger partial charge is 0.254 e. The molecule has 0 atom stereocenters. The third-order valence-corrected chi connectivity index (χ3v) is 3.69. The van der Waals surface area contributed by atoms with E-state index in [1.165, 1.54) is 0 Å². The summed E-state index contributed by atoms with van der Waals surface area (Å²) in [5.74, 6) is 1.17. The van der Waals surface area contributed by atoms with Gasteiger partial charge in [-0.15, -0.1) is 0 Å². The largest absolute Gasteiger partial charge is 0.493 e. The van der Waals surface area contributed by atoms with Crippen LogP contribution in [0.4, 0.5) is 0 Å². The standard InChI is InChI=1S/C18H25N3O3/c1-5-6-9-24-16-8-7-15(10-17(16)23-4)18(22)20(2)12-14-11-19-21(3)13-14/h7-8,10-11,13H,5-6,9,12H2,1-4H3. The van der Waals surface area contributed by atoms with Gasteiger partial charge in [-0.2, -0.15) is 5.10 Å². The van der Waals surface area contributed by atoms with Gasteiger partial charge in [0.25, 0.3) is 5.91 Å². The lowest BCUT2D eigenvalue weighted by Gasteiger charge is -2.17. The van der Waals surface area contributed by atoms with Gasteiger partial charge in [0.1, 0.15) is 0 Å². The Hall–Kier alpha value is -2.50. The van der Waals surface area contributed by atoms with Gasteiger partial charge in [0.15, 0.2) is 11.5 Å². The lowest BCUT2D eigenvalue weighted by molar-refractivity contribution is 0.0784. The highest BCUT2D eigenvalue weighted by Crippen LogP contribution is 2.28. The number of rotatable bonds is 8. The fourth-order valence-corrected chi connectivity index (χ4v) is 2.37. The maximum Gasteiger partial charge on any atom is 0.254 e. The molecule has 24 heavy (non-hydrogen) atoms. The Morgan fingerprint density at radius 1 is 1.33 bits per heavy atom. The molecule has 6 nitrogen and oxygen atoms in total. The summed E-state index contributed by atoms with van der Waals surface area (Å²) in [5, 5.41) is 4.12. The van der Waals surface area contributed by atoms with E-state index in [1.54, 1.807) is 48.1 Å². The predicted octanol–water partition coefficient (Wildman–Crippen LogP) is 2.88. The molecule has 0 aliphatic heterocycles. The quantitative estimate of drug-likeness (QED) is 0.698. The fraction of sp³-hybridized carbons (Fsp3) is 0.444. The number of hydrogen-bond acceptors (Lipinski definition) is 4. The van der Waals surface area contributed by atoms with Crippen molar-refractivity contribution in [3.05, 3.63) is 41.7 Å². The lowest BCUT2D eigenvalue weighted by Crippen LogP contribution is -2.26. The molecule has 6 heteroatoms. The topological polar surface area (TPSA) is 56.6 Å². The monoisotopic (exact) mass is 331 g/mol. The van der Waals surface area contributed by atoms with Crippen molar-refractivity contribution in [1.82, 2.24) is 14.7 Å². The van der Waals surface area contributed by atoms with Gasteiger partial charge in [-0.1, -0.05) is 13.3 Å². The molecule has 1 aromatic carbocycles. The molecule has 0 radical (unpaired) electrons. The van der Waals surface area contributed by atoms with E-state index in [2.05, 4.69) is 12.0 Å². The second-order valence-corrected chi connectivity index (χ2v) is 5.75. The number of hydrogen-bond donors (Lipinski definition) is 0. The highest BCUT2D eigenvalue weighted by Gasteiger charge is 2.15. The third-order valence-electron chi connectivity index (χ3n) is 3.69. The van der Waals surface area contributed by atoms with Gasteiger partial charge in [-0.05, 0) is 24.6 Å². The third kappa shape index (κ3) is 4.50. The van der Waals surface area contributed by atoms with Crippen LogP contribution in [0.5, 0.6) is 11.5 Å². The van der Waals surface area contributed by atoms with Gasteiger partial charge in [-0.3, -0.25) is 9.48 Å². The molecule has 2 rings (SSSR count). The van der Waals surface area contributed by atoms with Crippen LogP contribution >= 0.6 is 0 Å². The Morgan fingerprint density at radius 2 is 2.12 bits per heavy atom. The summed E-state index contributed by atoms with van der Waals surface area (Å²) >= 11 is 0. The average molecular weight is 331 g/mol. The van der Waals surface area contributed by atoms with Crippen molar-refractivity contribution in [3.8, 4) is 11.5 Å². The Bertz CT molecular complexity index is 682. The van der Waals surface area contributed by atoms with E-state index in [1.807, 2.05) is 13.2 Å². The highest BCUT2D eigenvalue weighted by atomic mass is 16.5. The second-order valence-electron chi connectivity index (χ2n) is 5.75. The summed E-state index contributed by atoms with van der Waals surface area (Å²) in [5.41, 5.74) is 1.56. The van der Waals surface area contributed by atoms with Crippen LogP contribution in [-0.2, 0) is 13.6 Å². The molecule has 130 valence electrons. The van der Waals surface area contributed by atoms with Gasteiger partial charge >= 0.3 is 0 Å². The number of amides is 1. The van der Waals surface area contributed by atoms with E-state index in [0.29, 0.717) is 30.2 Å².